The van der Waals surface area contributed by atoms with Gasteiger partial charge in [0.1, 0.15) is 12.8 Å². The molecular formula is C14H8IN2O4+. The third kappa shape index (κ3) is 3.80. The molecule has 0 bridgehead atoms. The summed E-state index contributed by atoms with van der Waals surface area (Å²) in [4.78, 5) is 22.9. The fourth-order valence-electron chi connectivity index (χ4n) is 1.44. The fourth-order valence-corrected chi connectivity index (χ4v) is 3.38. The van der Waals surface area contributed by atoms with Gasteiger partial charge in [0.2, 0.25) is 11.6 Å². The third-order valence-corrected chi connectivity index (χ3v) is 4.58. The van der Waals surface area contributed by atoms with Crippen LogP contribution in [0.15, 0.2) is 33.1 Å². The molecule has 21 heavy (non-hydrogen) atoms. The lowest BCUT2D eigenvalue weighted by atomic mass is 10.2. The molecule has 0 spiro atoms. The number of carbonyl (C=O) groups is 2. The van der Waals surface area contributed by atoms with E-state index in [0.29, 0.717) is 7.53 Å². The Bertz CT molecular complexity index is 696. The molecule has 0 aliphatic heterocycles. The smallest absolute Gasteiger partial charge is 0.415 e. The highest BCUT2D eigenvalue weighted by molar-refractivity contribution is 5.95. The summed E-state index contributed by atoms with van der Waals surface area (Å²) < 4.78 is 11.9. The van der Waals surface area contributed by atoms with Gasteiger partial charge in [0, 0.05) is 12.1 Å². The van der Waals surface area contributed by atoms with Crippen molar-refractivity contribution in [3.63, 3.8) is 0 Å². The van der Waals surface area contributed by atoms with E-state index >= 15 is 0 Å². The molecule has 0 atom stereocenters. The predicted octanol–water partition coefficient (Wildman–Crippen LogP) is -0.806. The zero-order chi connectivity index (χ0) is 15.2. The highest BCUT2D eigenvalue weighted by Crippen LogP contribution is 2.05. The van der Waals surface area contributed by atoms with Crippen LogP contribution < -0.4 is 21.2 Å². The molecule has 0 fully saturated rings. The van der Waals surface area contributed by atoms with Crippen molar-refractivity contribution in [1.29, 1.82) is 10.5 Å². The molecule has 7 heteroatoms. The number of furan rings is 2. The molecule has 2 rings (SSSR count). The molecule has 0 saturated heterocycles. The largest absolute Gasteiger partial charge is 0.443 e. The van der Waals surface area contributed by atoms with Crippen molar-refractivity contribution in [1.82, 2.24) is 0 Å². The molecule has 0 aromatic carbocycles. The van der Waals surface area contributed by atoms with E-state index < -0.39 is 21.2 Å². The Morgan fingerprint density at radius 2 is 1.33 bits per heavy atom. The van der Waals surface area contributed by atoms with E-state index in [2.05, 4.69) is 0 Å². The molecule has 0 unspecified atom stereocenters. The monoisotopic (exact) mass is 395 g/mol. The Morgan fingerprint density at radius 3 is 1.71 bits per heavy atom. The normalized spacial score (nSPS) is 9.81. The second-order valence-electron chi connectivity index (χ2n) is 3.82. The average molecular weight is 395 g/mol. The van der Waals surface area contributed by atoms with Gasteiger partial charge in [0.25, 0.3) is 0 Å². The lowest BCUT2D eigenvalue weighted by Gasteiger charge is -1.86. The second kappa shape index (κ2) is 6.86. The summed E-state index contributed by atoms with van der Waals surface area (Å²) in [6.07, 6.45) is -0.447. The maximum Gasteiger partial charge on any atom is 0.443 e. The maximum absolute atomic E-state index is 11.5. The lowest BCUT2D eigenvalue weighted by Crippen LogP contribution is -3.61. The predicted molar refractivity (Wildman–Crippen MR) is 63.9 cm³/mol. The fraction of sp³-hybridized carbons (Fsp3) is 0.143. The Hall–Kier alpha value is -2.39. The van der Waals surface area contributed by atoms with Gasteiger partial charge in [-0.3, -0.25) is 9.59 Å². The zero-order valence-corrected chi connectivity index (χ0v) is 12.8. The van der Waals surface area contributed by atoms with Crippen molar-refractivity contribution in [3.8, 4) is 12.1 Å². The van der Waals surface area contributed by atoms with Crippen LogP contribution in [0.25, 0.3) is 0 Å². The van der Waals surface area contributed by atoms with Crippen LogP contribution >= 0.6 is 0 Å². The average Bonchev–Trinajstić information content (AvgIpc) is 3.09. The van der Waals surface area contributed by atoms with Crippen molar-refractivity contribution in [3.05, 3.63) is 43.3 Å². The van der Waals surface area contributed by atoms with E-state index in [1.807, 2.05) is 0 Å². The van der Waals surface area contributed by atoms with E-state index in [4.69, 9.17) is 19.4 Å². The van der Waals surface area contributed by atoms with Crippen LogP contribution in [0.5, 0.6) is 0 Å². The summed E-state index contributed by atoms with van der Waals surface area (Å²) in [7, 11) is 0. The zero-order valence-electron chi connectivity index (χ0n) is 10.6. The van der Waals surface area contributed by atoms with Crippen LogP contribution in [0.3, 0.4) is 0 Å². The Kier molecular flexibility index (Phi) is 4.90. The number of rotatable bonds is 6. The molecule has 0 saturated carbocycles. The topological polar surface area (TPSA) is 108 Å². The summed E-state index contributed by atoms with van der Waals surface area (Å²) >= 11 is -0.804. The highest BCUT2D eigenvalue weighted by atomic mass is 127. The molecular weight excluding hydrogens is 387 g/mol. The summed E-state index contributed by atoms with van der Waals surface area (Å²) in [6.45, 7) is 0. The van der Waals surface area contributed by atoms with Gasteiger partial charge in [-0.25, -0.2) is 0 Å². The minimum atomic E-state index is -0.804. The standard InChI is InChI=1S/C14H8IN2O4/c16-7-5-9(18)11-1-3-13(20-11)15-14-4-2-12(21-14)10(19)6-8-17/h1-4H,5-6H2/q+1. The van der Waals surface area contributed by atoms with Gasteiger partial charge in [-0.05, 0) is 12.1 Å². The summed E-state index contributed by atoms with van der Waals surface area (Å²) in [5.41, 5.74) is 0. The Balaban J connectivity index is 2.06. The molecule has 2 aromatic rings. The van der Waals surface area contributed by atoms with Crippen LogP contribution in [0.1, 0.15) is 34.0 Å². The van der Waals surface area contributed by atoms with Crippen LogP contribution in [0, 0.1) is 30.2 Å². The molecule has 0 amide bonds. The van der Waals surface area contributed by atoms with Gasteiger partial charge in [-0.15, -0.1) is 0 Å². The van der Waals surface area contributed by atoms with E-state index in [0.717, 1.165) is 0 Å². The second-order valence-corrected chi connectivity index (χ2v) is 6.48. The number of Topliss-reactive ketones (excluding diaryl/α,β-unsaturated/α-hetero) is 2. The molecule has 0 N–H and O–H groups in total. The SMILES string of the molecule is N#CCC(=O)c1ccc([I+]c2ccc(C(=O)CC#N)o2)o1. The first-order valence-electron chi connectivity index (χ1n) is 5.79. The number of nitrogens with zero attached hydrogens (tertiary/aromatic N) is 2. The Morgan fingerprint density at radius 1 is 0.905 bits per heavy atom. The van der Waals surface area contributed by atoms with Crippen molar-refractivity contribution >= 4 is 11.6 Å². The highest BCUT2D eigenvalue weighted by Gasteiger charge is 2.27. The Labute approximate surface area is 130 Å². The number of ketones is 2. The van der Waals surface area contributed by atoms with Crippen LogP contribution in [0.2, 0.25) is 0 Å². The van der Waals surface area contributed by atoms with E-state index in [1.54, 1.807) is 24.3 Å². The van der Waals surface area contributed by atoms with E-state index in [9.17, 15) is 9.59 Å². The molecule has 0 aliphatic rings. The minimum absolute atomic E-state index is 0.151. The summed E-state index contributed by atoms with van der Waals surface area (Å²) in [5.74, 6) is -0.425. The van der Waals surface area contributed by atoms with E-state index in [1.165, 1.54) is 12.1 Å². The van der Waals surface area contributed by atoms with Gasteiger partial charge in [0.15, 0.2) is 11.5 Å². The number of nitriles is 2. The maximum atomic E-state index is 11.5. The van der Waals surface area contributed by atoms with Gasteiger partial charge < -0.3 is 8.83 Å². The molecule has 0 radical (unpaired) electrons. The minimum Gasteiger partial charge on any atom is -0.415 e. The quantitative estimate of drug-likeness (QED) is 0.468. The van der Waals surface area contributed by atoms with Gasteiger partial charge in [-0.1, -0.05) is 0 Å². The number of carbonyl (C=O) groups excluding carboxylic acids is 2. The first kappa shape index (κ1) is 15.0. The van der Waals surface area contributed by atoms with Gasteiger partial charge in [0.05, 0.1) is 12.1 Å². The third-order valence-electron chi connectivity index (χ3n) is 2.36. The summed E-state index contributed by atoms with van der Waals surface area (Å²) in [5, 5.41) is 16.9. The van der Waals surface area contributed by atoms with Crippen LogP contribution in [0.4, 0.5) is 0 Å². The van der Waals surface area contributed by atoms with Crippen LogP contribution in [-0.2, 0) is 0 Å². The molecule has 0 aliphatic carbocycles. The first-order chi connectivity index (χ1) is 10.1. The van der Waals surface area contributed by atoms with Crippen molar-refractivity contribution in [2.75, 3.05) is 0 Å². The molecule has 2 aromatic heterocycles. The molecule has 6 nitrogen and oxygen atoms in total. The van der Waals surface area contributed by atoms with Crippen LogP contribution in [-0.4, -0.2) is 11.6 Å². The van der Waals surface area contributed by atoms with Crippen molar-refractivity contribution in [2.24, 2.45) is 0 Å². The van der Waals surface area contributed by atoms with Gasteiger partial charge in [-0.2, -0.15) is 10.5 Å². The van der Waals surface area contributed by atoms with Gasteiger partial charge >= 0.3 is 28.7 Å². The first-order valence-corrected chi connectivity index (χ1v) is 7.94. The summed E-state index contributed by atoms with van der Waals surface area (Å²) in [6, 6.07) is 9.92. The number of halogens is 1. The number of hydrogen-bond donors (Lipinski definition) is 0. The number of hydrogen-bond acceptors (Lipinski definition) is 6. The van der Waals surface area contributed by atoms with Crippen molar-refractivity contribution in [2.45, 2.75) is 12.8 Å². The molecule has 2 heterocycles. The molecule has 104 valence electrons. The lowest BCUT2D eigenvalue weighted by molar-refractivity contribution is -0.636. The van der Waals surface area contributed by atoms with Crippen molar-refractivity contribution < 1.29 is 39.6 Å². The van der Waals surface area contributed by atoms with E-state index in [-0.39, 0.29) is 35.9 Å².